The van der Waals surface area contributed by atoms with Crippen LogP contribution in [0.2, 0.25) is 0 Å². The minimum absolute atomic E-state index is 1.17. The van der Waals surface area contributed by atoms with Gasteiger partial charge in [-0.3, -0.25) is 0 Å². The summed E-state index contributed by atoms with van der Waals surface area (Å²) in [4.78, 5) is 0. The highest BCUT2D eigenvalue weighted by atomic mass is 35.7. The van der Waals surface area contributed by atoms with Gasteiger partial charge in [0, 0.05) is 10.7 Å². The first-order valence-electron chi connectivity index (χ1n) is 3.77. The smallest absolute Gasteiger partial charge is 0.206 e. The molecule has 0 bridgehead atoms. The SMILES string of the molecule is C=Cc1ccccc1.O=S(=O)(Cl)C(F)F. The molecule has 0 saturated carbocycles. The second kappa shape index (κ2) is 6.53. The maximum atomic E-state index is 10.8. The van der Waals surface area contributed by atoms with Crippen molar-refractivity contribution in [2.45, 2.75) is 5.76 Å². The fraction of sp³-hybridized carbons (Fsp3) is 0.111. The minimum Gasteiger partial charge on any atom is -0.206 e. The van der Waals surface area contributed by atoms with Crippen molar-refractivity contribution in [1.82, 2.24) is 0 Å². The standard InChI is InChI=1S/C8H8.CHClF2O2S/c1-2-8-6-4-3-5-7-8;2-7(5,6)1(3)4/h2-7H,1H2;1H. The zero-order chi connectivity index (χ0) is 11.9. The van der Waals surface area contributed by atoms with Crippen molar-refractivity contribution >= 4 is 25.8 Å². The summed E-state index contributed by atoms with van der Waals surface area (Å²) in [6.07, 6.45) is 1.83. The third kappa shape index (κ3) is 7.04. The summed E-state index contributed by atoms with van der Waals surface area (Å²) in [6, 6.07) is 10.0. The van der Waals surface area contributed by atoms with Crippen LogP contribution >= 0.6 is 10.7 Å². The van der Waals surface area contributed by atoms with Gasteiger partial charge in [-0.2, -0.15) is 8.78 Å². The number of alkyl halides is 2. The normalized spacial score (nSPS) is 10.4. The highest BCUT2D eigenvalue weighted by molar-refractivity contribution is 8.14. The molecule has 6 heteroatoms. The summed E-state index contributed by atoms with van der Waals surface area (Å²) in [6.45, 7) is 3.63. The van der Waals surface area contributed by atoms with Gasteiger partial charge in [0.2, 0.25) is 0 Å². The monoisotopic (exact) mass is 254 g/mol. The summed E-state index contributed by atoms with van der Waals surface area (Å²) < 4.78 is 40.3. The molecule has 0 amide bonds. The third-order valence-electron chi connectivity index (χ3n) is 1.25. The molecule has 0 saturated heterocycles. The predicted molar refractivity (Wildman–Crippen MR) is 57.3 cm³/mol. The second-order valence-corrected chi connectivity index (χ2v) is 4.95. The van der Waals surface area contributed by atoms with E-state index in [1.165, 1.54) is 5.56 Å². The average molecular weight is 255 g/mol. The fourth-order valence-electron chi connectivity index (χ4n) is 0.589. The van der Waals surface area contributed by atoms with Gasteiger partial charge in [-0.15, -0.1) is 0 Å². The molecule has 1 aromatic rings. The molecule has 0 fully saturated rings. The molecule has 0 aromatic heterocycles. The number of rotatable bonds is 2. The van der Waals surface area contributed by atoms with Crippen LogP contribution in [0.4, 0.5) is 8.78 Å². The van der Waals surface area contributed by atoms with Crippen LogP contribution in [-0.2, 0) is 9.05 Å². The molecule has 0 N–H and O–H groups in total. The first kappa shape index (κ1) is 14.1. The minimum atomic E-state index is -4.60. The zero-order valence-electron chi connectivity index (χ0n) is 7.61. The molecule has 0 radical (unpaired) electrons. The van der Waals surface area contributed by atoms with Crippen LogP contribution in [0.3, 0.4) is 0 Å². The maximum absolute atomic E-state index is 10.8. The Hall–Kier alpha value is -0.940. The lowest BCUT2D eigenvalue weighted by Gasteiger charge is -1.85. The van der Waals surface area contributed by atoms with Crippen molar-refractivity contribution in [3.63, 3.8) is 0 Å². The van der Waals surface area contributed by atoms with E-state index in [2.05, 4.69) is 17.3 Å². The lowest BCUT2D eigenvalue weighted by atomic mass is 10.2. The number of hydrogen-bond acceptors (Lipinski definition) is 2. The molecule has 84 valence electrons. The Morgan fingerprint density at radius 3 is 1.87 bits per heavy atom. The van der Waals surface area contributed by atoms with Crippen LogP contribution in [0.1, 0.15) is 5.56 Å². The predicted octanol–water partition coefficient (Wildman–Crippen LogP) is 3.11. The quantitative estimate of drug-likeness (QED) is 0.760. The van der Waals surface area contributed by atoms with Crippen LogP contribution in [0.5, 0.6) is 0 Å². The Balaban J connectivity index is 0.000000265. The second-order valence-electron chi connectivity index (χ2n) is 2.35. The highest BCUT2D eigenvalue weighted by Crippen LogP contribution is 2.08. The summed E-state index contributed by atoms with van der Waals surface area (Å²) in [7, 11) is -0.512. The molecule has 1 rings (SSSR count). The van der Waals surface area contributed by atoms with Crippen molar-refractivity contribution in [1.29, 1.82) is 0 Å². The molecule has 1 aromatic carbocycles. The van der Waals surface area contributed by atoms with Crippen molar-refractivity contribution in [2.75, 3.05) is 0 Å². The van der Waals surface area contributed by atoms with Gasteiger partial charge in [-0.1, -0.05) is 43.0 Å². The highest BCUT2D eigenvalue weighted by Gasteiger charge is 2.19. The average Bonchev–Trinajstić information content (AvgIpc) is 2.18. The van der Waals surface area contributed by atoms with Crippen molar-refractivity contribution < 1.29 is 17.2 Å². The maximum Gasteiger partial charge on any atom is 0.350 e. The van der Waals surface area contributed by atoms with E-state index < -0.39 is 14.8 Å². The number of hydrogen-bond donors (Lipinski definition) is 0. The molecule has 0 spiro atoms. The summed E-state index contributed by atoms with van der Waals surface area (Å²) in [5.74, 6) is -3.46. The van der Waals surface area contributed by atoms with Crippen LogP contribution in [0, 0.1) is 0 Å². The van der Waals surface area contributed by atoms with Gasteiger partial charge in [0.1, 0.15) is 0 Å². The van der Waals surface area contributed by atoms with Crippen molar-refractivity contribution in [3.05, 3.63) is 42.5 Å². The summed E-state index contributed by atoms with van der Waals surface area (Å²) in [5, 5.41) is 0. The van der Waals surface area contributed by atoms with Crippen LogP contribution in [0.25, 0.3) is 6.08 Å². The van der Waals surface area contributed by atoms with E-state index >= 15 is 0 Å². The van der Waals surface area contributed by atoms with Gasteiger partial charge in [-0.05, 0) is 5.56 Å². The summed E-state index contributed by atoms with van der Waals surface area (Å²) >= 11 is 0. The van der Waals surface area contributed by atoms with E-state index in [1.807, 2.05) is 36.4 Å². The van der Waals surface area contributed by atoms with E-state index in [1.54, 1.807) is 0 Å². The van der Waals surface area contributed by atoms with Crippen LogP contribution in [-0.4, -0.2) is 14.2 Å². The Kier molecular flexibility index (Phi) is 6.12. The van der Waals surface area contributed by atoms with Crippen molar-refractivity contribution in [3.8, 4) is 0 Å². The lowest BCUT2D eigenvalue weighted by Crippen LogP contribution is -2.00. The molecule has 0 aliphatic carbocycles. The van der Waals surface area contributed by atoms with Crippen LogP contribution in [0.15, 0.2) is 36.9 Å². The molecule has 15 heavy (non-hydrogen) atoms. The Bertz CT molecular complexity index is 390. The van der Waals surface area contributed by atoms with Gasteiger partial charge in [0.25, 0.3) is 9.05 Å². The zero-order valence-corrected chi connectivity index (χ0v) is 9.18. The topological polar surface area (TPSA) is 34.1 Å². The largest absolute Gasteiger partial charge is 0.350 e. The van der Waals surface area contributed by atoms with Gasteiger partial charge in [-0.25, -0.2) is 8.42 Å². The summed E-state index contributed by atoms with van der Waals surface area (Å²) in [5.41, 5.74) is 1.17. The Morgan fingerprint density at radius 2 is 1.67 bits per heavy atom. The molecule has 0 aliphatic heterocycles. The van der Waals surface area contributed by atoms with Gasteiger partial charge in [0.05, 0.1) is 0 Å². The molecule has 0 unspecified atom stereocenters. The van der Waals surface area contributed by atoms with E-state index in [9.17, 15) is 17.2 Å². The van der Waals surface area contributed by atoms with Crippen LogP contribution < -0.4 is 0 Å². The molecule has 0 heterocycles. The Labute approximate surface area is 91.6 Å². The van der Waals surface area contributed by atoms with Gasteiger partial charge in [0.15, 0.2) is 0 Å². The first-order chi connectivity index (χ1) is 6.88. The van der Waals surface area contributed by atoms with E-state index in [-0.39, 0.29) is 0 Å². The molecule has 2 nitrogen and oxygen atoms in total. The number of halogens is 3. The molecule has 0 aliphatic rings. The van der Waals surface area contributed by atoms with Gasteiger partial charge >= 0.3 is 5.76 Å². The van der Waals surface area contributed by atoms with Gasteiger partial charge < -0.3 is 0 Å². The third-order valence-corrected chi connectivity index (χ3v) is 2.08. The first-order valence-corrected chi connectivity index (χ1v) is 6.14. The van der Waals surface area contributed by atoms with E-state index in [0.717, 1.165) is 0 Å². The van der Waals surface area contributed by atoms with Crippen molar-refractivity contribution in [2.24, 2.45) is 0 Å². The Morgan fingerprint density at radius 1 is 1.27 bits per heavy atom. The molecule has 0 atom stereocenters. The lowest BCUT2D eigenvalue weighted by molar-refractivity contribution is 0.238. The molecular formula is C9H9ClF2O2S. The van der Waals surface area contributed by atoms with E-state index in [4.69, 9.17) is 0 Å². The molecular weight excluding hydrogens is 246 g/mol. The fourth-order valence-corrected chi connectivity index (χ4v) is 0.589. The van der Waals surface area contributed by atoms with E-state index in [0.29, 0.717) is 0 Å². The number of benzene rings is 1.